The van der Waals surface area contributed by atoms with Gasteiger partial charge in [0.1, 0.15) is 6.10 Å². The van der Waals surface area contributed by atoms with E-state index in [0.717, 1.165) is 83.5 Å². The molecule has 0 bridgehead atoms. The molecule has 6 nitrogen and oxygen atoms in total. The molecule has 55 heavy (non-hydrogen) atoms. The fourth-order valence-electron chi connectivity index (χ4n) is 6.90. The summed E-state index contributed by atoms with van der Waals surface area (Å²) in [5.74, 6) is -0.522. The Balaban J connectivity index is 4.55. The van der Waals surface area contributed by atoms with Gasteiger partial charge in [0.25, 0.3) is 0 Å². The molecule has 3 N–H and O–H groups in total. The summed E-state index contributed by atoms with van der Waals surface area (Å²) in [5.41, 5.74) is 0. The van der Waals surface area contributed by atoms with E-state index in [1.165, 1.54) is 96.3 Å². The van der Waals surface area contributed by atoms with Crippen molar-refractivity contribution in [1.82, 2.24) is 5.32 Å². The number of carbonyl (C=O) groups excluding carboxylic acids is 2. The standard InChI is InChI=1S/C49H89NO5/c1-4-7-10-13-16-19-22-23-24-25-27-29-32-35-38-41-47(52)46(44-51)50-48(53)43-45(40-37-34-31-28-26-20-17-14-11-8-5-2)55-49(54)42-39-36-33-30-21-18-15-12-9-6-3/h8,11-12,14-15,17,20,26,45-47,51-52H,4-7,9-10,13,16,18-19,21-25,27-44H2,1-3H3,(H,50,53)/b11-8+,15-12-,17-14+,26-20-. The molecule has 0 aromatic carbocycles. The minimum atomic E-state index is -0.796. The van der Waals surface area contributed by atoms with Crippen molar-refractivity contribution in [2.45, 2.75) is 244 Å². The van der Waals surface area contributed by atoms with Crippen molar-refractivity contribution >= 4 is 11.9 Å². The predicted molar refractivity (Wildman–Crippen MR) is 236 cm³/mol. The van der Waals surface area contributed by atoms with Crippen LogP contribution in [0.5, 0.6) is 0 Å². The first-order valence-corrected chi connectivity index (χ1v) is 23.4. The second-order valence-electron chi connectivity index (χ2n) is 15.8. The number of aliphatic hydroxyl groups excluding tert-OH is 2. The van der Waals surface area contributed by atoms with Gasteiger partial charge in [-0.15, -0.1) is 0 Å². The molecule has 320 valence electrons. The van der Waals surface area contributed by atoms with Crippen molar-refractivity contribution in [2.24, 2.45) is 0 Å². The van der Waals surface area contributed by atoms with Gasteiger partial charge in [-0.1, -0.05) is 198 Å². The number of amides is 1. The zero-order valence-electron chi connectivity index (χ0n) is 36.3. The van der Waals surface area contributed by atoms with E-state index in [2.05, 4.69) is 62.5 Å². The van der Waals surface area contributed by atoms with Crippen LogP contribution < -0.4 is 5.32 Å². The number of carbonyl (C=O) groups is 2. The van der Waals surface area contributed by atoms with Gasteiger partial charge in [0.2, 0.25) is 5.91 Å². The lowest BCUT2D eigenvalue weighted by molar-refractivity contribution is -0.151. The van der Waals surface area contributed by atoms with Crippen molar-refractivity contribution in [3.63, 3.8) is 0 Å². The fourth-order valence-corrected chi connectivity index (χ4v) is 6.90. The van der Waals surface area contributed by atoms with Crippen LogP contribution in [0.15, 0.2) is 48.6 Å². The largest absolute Gasteiger partial charge is 0.462 e. The second kappa shape index (κ2) is 43.0. The lowest BCUT2D eigenvalue weighted by Crippen LogP contribution is -2.46. The molecule has 0 aliphatic carbocycles. The smallest absolute Gasteiger partial charge is 0.306 e. The van der Waals surface area contributed by atoms with Crippen LogP contribution in [0.3, 0.4) is 0 Å². The third-order valence-electron chi connectivity index (χ3n) is 10.4. The number of allylic oxidation sites excluding steroid dienone is 8. The first-order valence-electron chi connectivity index (χ1n) is 23.4. The number of hydrogen-bond donors (Lipinski definition) is 3. The maximum absolute atomic E-state index is 13.1. The maximum atomic E-state index is 13.1. The Morgan fingerprint density at radius 2 is 1.04 bits per heavy atom. The van der Waals surface area contributed by atoms with Gasteiger partial charge in [0.05, 0.1) is 25.2 Å². The summed E-state index contributed by atoms with van der Waals surface area (Å²) < 4.78 is 5.87. The minimum absolute atomic E-state index is 0.0510. The van der Waals surface area contributed by atoms with Crippen molar-refractivity contribution in [3.05, 3.63) is 48.6 Å². The zero-order chi connectivity index (χ0) is 40.3. The molecule has 0 aliphatic heterocycles. The maximum Gasteiger partial charge on any atom is 0.306 e. The molecule has 0 aromatic rings. The van der Waals surface area contributed by atoms with Crippen LogP contribution in [0, 0.1) is 0 Å². The van der Waals surface area contributed by atoms with E-state index in [0.29, 0.717) is 19.3 Å². The van der Waals surface area contributed by atoms with Crippen LogP contribution in [-0.4, -0.2) is 46.9 Å². The topological polar surface area (TPSA) is 95.9 Å². The Bertz CT molecular complexity index is 957. The summed E-state index contributed by atoms with van der Waals surface area (Å²) in [4.78, 5) is 25.9. The fraction of sp³-hybridized carbons (Fsp3) is 0.796. The molecule has 0 spiro atoms. The average molecular weight is 772 g/mol. The second-order valence-corrected chi connectivity index (χ2v) is 15.8. The van der Waals surface area contributed by atoms with Gasteiger partial charge in [0, 0.05) is 6.42 Å². The van der Waals surface area contributed by atoms with E-state index in [1.807, 2.05) is 12.2 Å². The first kappa shape index (κ1) is 52.8. The molecule has 0 heterocycles. The summed E-state index contributed by atoms with van der Waals surface area (Å²) in [7, 11) is 0. The van der Waals surface area contributed by atoms with Gasteiger partial charge in [0.15, 0.2) is 0 Å². The molecule has 3 atom stereocenters. The molecule has 0 rings (SSSR count). The highest BCUT2D eigenvalue weighted by molar-refractivity contribution is 5.77. The molecule has 3 unspecified atom stereocenters. The quantitative estimate of drug-likeness (QED) is 0.0249. The summed E-state index contributed by atoms with van der Waals surface area (Å²) >= 11 is 0. The Hall–Kier alpha value is -2.18. The average Bonchev–Trinajstić information content (AvgIpc) is 3.18. The van der Waals surface area contributed by atoms with E-state index >= 15 is 0 Å². The molecule has 0 saturated heterocycles. The van der Waals surface area contributed by atoms with Crippen LogP contribution in [0.25, 0.3) is 0 Å². The van der Waals surface area contributed by atoms with Gasteiger partial charge in [-0.05, 0) is 64.2 Å². The van der Waals surface area contributed by atoms with Crippen molar-refractivity contribution < 1.29 is 24.5 Å². The normalized spacial score (nSPS) is 13.8. The van der Waals surface area contributed by atoms with Gasteiger partial charge in [-0.3, -0.25) is 9.59 Å². The Morgan fingerprint density at radius 3 is 1.62 bits per heavy atom. The van der Waals surface area contributed by atoms with Crippen molar-refractivity contribution in [2.75, 3.05) is 6.61 Å². The molecular formula is C49H89NO5. The third kappa shape index (κ3) is 38.5. The SMILES string of the molecule is CC/C=C/C=C/C=C\CCCCCC(CC(=O)NC(CO)C(O)CCCCCCCCCCCCCCCCC)OC(=O)CCCCCCC/C=C\CCC. The van der Waals surface area contributed by atoms with Gasteiger partial charge >= 0.3 is 5.97 Å². The van der Waals surface area contributed by atoms with E-state index in [1.54, 1.807) is 0 Å². The van der Waals surface area contributed by atoms with Crippen LogP contribution in [0.1, 0.15) is 226 Å². The van der Waals surface area contributed by atoms with Crippen LogP contribution in [0.2, 0.25) is 0 Å². The molecule has 0 aliphatic rings. The Kier molecular flexibility index (Phi) is 41.2. The number of hydrogen-bond acceptors (Lipinski definition) is 5. The van der Waals surface area contributed by atoms with Gasteiger partial charge in [-0.2, -0.15) is 0 Å². The van der Waals surface area contributed by atoms with E-state index < -0.39 is 18.2 Å². The number of unbranched alkanes of at least 4 members (excludes halogenated alkanes) is 23. The van der Waals surface area contributed by atoms with Gasteiger partial charge in [-0.25, -0.2) is 0 Å². The van der Waals surface area contributed by atoms with Crippen molar-refractivity contribution in [3.8, 4) is 0 Å². The highest BCUT2D eigenvalue weighted by Crippen LogP contribution is 2.17. The summed E-state index contributed by atoms with van der Waals surface area (Å²) in [6.45, 7) is 6.27. The van der Waals surface area contributed by atoms with E-state index in [4.69, 9.17) is 4.74 Å². The van der Waals surface area contributed by atoms with Gasteiger partial charge < -0.3 is 20.3 Å². The molecule has 0 fully saturated rings. The monoisotopic (exact) mass is 772 g/mol. The summed E-state index contributed by atoms with van der Waals surface area (Å²) in [6, 6.07) is -0.712. The predicted octanol–water partition coefficient (Wildman–Crippen LogP) is 13.5. The number of nitrogens with one attached hydrogen (secondary N) is 1. The molecule has 6 heteroatoms. The summed E-state index contributed by atoms with van der Waals surface area (Å²) in [5, 5.41) is 23.7. The number of esters is 1. The molecular weight excluding hydrogens is 683 g/mol. The number of ether oxygens (including phenoxy) is 1. The molecule has 0 radical (unpaired) electrons. The van der Waals surface area contributed by atoms with E-state index in [9.17, 15) is 19.8 Å². The van der Waals surface area contributed by atoms with Crippen LogP contribution >= 0.6 is 0 Å². The number of rotatable bonds is 41. The summed E-state index contributed by atoms with van der Waals surface area (Å²) in [6.07, 6.45) is 50.3. The third-order valence-corrected chi connectivity index (χ3v) is 10.4. The molecule has 0 aromatic heterocycles. The number of aliphatic hydroxyl groups is 2. The highest BCUT2D eigenvalue weighted by atomic mass is 16.5. The lowest BCUT2D eigenvalue weighted by atomic mass is 10.0. The zero-order valence-corrected chi connectivity index (χ0v) is 36.3. The van der Waals surface area contributed by atoms with Crippen molar-refractivity contribution in [1.29, 1.82) is 0 Å². The lowest BCUT2D eigenvalue weighted by Gasteiger charge is -2.24. The van der Waals surface area contributed by atoms with Crippen LogP contribution in [-0.2, 0) is 14.3 Å². The Labute approximate surface area is 340 Å². The van der Waals surface area contributed by atoms with E-state index in [-0.39, 0.29) is 24.9 Å². The Morgan fingerprint density at radius 1 is 0.545 bits per heavy atom. The minimum Gasteiger partial charge on any atom is -0.462 e. The molecule has 1 amide bonds. The van der Waals surface area contributed by atoms with Crippen LogP contribution in [0.4, 0.5) is 0 Å². The molecule has 0 saturated carbocycles. The highest BCUT2D eigenvalue weighted by Gasteiger charge is 2.24. The first-order chi connectivity index (χ1) is 27.0.